The van der Waals surface area contributed by atoms with Crippen molar-refractivity contribution in [2.75, 3.05) is 6.54 Å². The molecule has 0 spiro atoms. The molecule has 0 amide bonds. The molecule has 0 aliphatic rings. The second-order valence-corrected chi connectivity index (χ2v) is 5.44. The van der Waals surface area contributed by atoms with E-state index in [4.69, 9.17) is 0 Å². The van der Waals surface area contributed by atoms with Crippen molar-refractivity contribution in [1.29, 1.82) is 0 Å². The van der Waals surface area contributed by atoms with Crippen molar-refractivity contribution in [3.63, 3.8) is 0 Å². The summed E-state index contributed by atoms with van der Waals surface area (Å²) in [6.07, 6.45) is 2.28. The van der Waals surface area contributed by atoms with Crippen LogP contribution < -0.4 is 5.32 Å². The van der Waals surface area contributed by atoms with Gasteiger partial charge in [0.15, 0.2) is 0 Å². The molecule has 1 atom stereocenters. The van der Waals surface area contributed by atoms with Crippen LogP contribution in [0.1, 0.15) is 24.5 Å². The highest BCUT2D eigenvalue weighted by Gasteiger charge is 2.01. The lowest BCUT2D eigenvalue weighted by Crippen LogP contribution is -2.27. The Labute approximate surface area is 107 Å². The molecule has 0 heterocycles. The van der Waals surface area contributed by atoms with Crippen LogP contribution >= 0.6 is 15.9 Å². The van der Waals surface area contributed by atoms with E-state index in [2.05, 4.69) is 65.9 Å². The van der Waals surface area contributed by atoms with Gasteiger partial charge in [-0.05, 0) is 32.3 Å². The first kappa shape index (κ1) is 13.5. The molecule has 88 valence electrons. The molecule has 1 rings (SSSR count). The zero-order valence-electron chi connectivity index (χ0n) is 10.1. The summed E-state index contributed by atoms with van der Waals surface area (Å²) < 4.78 is 1.01. The molecule has 0 radical (unpaired) electrons. The minimum Gasteiger partial charge on any atom is -0.310 e. The average Bonchev–Trinajstić information content (AvgIpc) is 2.25. The SMILES string of the molecule is C=C(Br)CNC(C)CCc1ccc(C)cc1. The molecule has 2 heteroatoms. The lowest BCUT2D eigenvalue weighted by Gasteiger charge is -2.13. The fourth-order valence-corrected chi connectivity index (χ4v) is 1.69. The van der Waals surface area contributed by atoms with E-state index in [9.17, 15) is 0 Å². The highest BCUT2D eigenvalue weighted by Crippen LogP contribution is 2.08. The Morgan fingerprint density at radius 2 is 2.00 bits per heavy atom. The maximum Gasteiger partial charge on any atom is 0.0268 e. The summed E-state index contributed by atoms with van der Waals surface area (Å²) >= 11 is 3.35. The van der Waals surface area contributed by atoms with Gasteiger partial charge in [0, 0.05) is 17.1 Å². The molecule has 0 fully saturated rings. The highest BCUT2D eigenvalue weighted by molar-refractivity contribution is 9.11. The predicted octanol–water partition coefficient (Wildman–Crippen LogP) is 3.81. The van der Waals surface area contributed by atoms with Crippen LogP contribution in [0.2, 0.25) is 0 Å². The minimum atomic E-state index is 0.524. The molecule has 0 aliphatic carbocycles. The molecule has 0 aromatic heterocycles. The largest absolute Gasteiger partial charge is 0.310 e. The maximum atomic E-state index is 3.81. The van der Waals surface area contributed by atoms with Crippen molar-refractivity contribution in [3.05, 3.63) is 46.5 Å². The molecule has 1 aromatic rings. The molecule has 16 heavy (non-hydrogen) atoms. The molecule has 1 N–H and O–H groups in total. The number of rotatable bonds is 6. The average molecular weight is 282 g/mol. The molecule has 0 aliphatic heterocycles. The Morgan fingerprint density at radius 3 is 2.56 bits per heavy atom. The van der Waals surface area contributed by atoms with Crippen molar-refractivity contribution < 1.29 is 0 Å². The van der Waals surface area contributed by atoms with Gasteiger partial charge in [0.05, 0.1) is 0 Å². The second kappa shape index (κ2) is 6.87. The molecule has 0 bridgehead atoms. The van der Waals surface area contributed by atoms with Crippen molar-refractivity contribution >= 4 is 15.9 Å². The first-order valence-corrected chi connectivity index (χ1v) is 6.49. The number of hydrogen-bond donors (Lipinski definition) is 1. The highest BCUT2D eigenvalue weighted by atomic mass is 79.9. The zero-order valence-corrected chi connectivity index (χ0v) is 11.7. The van der Waals surface area contributed by atoms with E-state index < -0.39 is 0 Å². The summed E-state index contributed by atoms with van der Waals surface area (Å²) in [7, 11) is 0. The van der Waals surface area contributed by atoms with E-state index >= 15 is 0 Å². The van der Waals surface area contributed by atoms with Crippen LogP contribution in [0.5, 0.6) is 0 Å². The van der Waals surface area contributed by atoms with E-state index in [1.54, 1.807) is 0 Å². The first-order valence-electron chi connectivity index (χ1n) is 5.70. The number of halogens is 1. The van der Waals surface area contributed by atoms with Crippen molar-refractivity contribution in [2.24, 2.45) is 0 Å². The molecular weight excluding hydrogens is 262 g/mol. The zero-order chi connectivity index (χ0) is 12.0. The standard InChI is InChI=1S/C14H20BrN/c1-11-4-7-14(8-5-11)9-6-13(3)16-10-12(2)15/h4-5,7-8,13,16H,2,6,9-10H2,1,3H3. The Balaban J connectivity index is 2.28. The van der Waals surface area contributed by atoms with Crippen molar-refractivity contribution in [2.45, 2.75) is 32.7 Å². The molecule has 1 aromatic carbocycles. The van der Waals surface area contributed by atoms with Gasteiger partial charge in [-0.1, -0.05) is 52.3 Å². The topological polar surface area (TPSA) is 12.0 Å². The Morgan fingerprint density at radius 1 is 1.38 bits per heavy atom. The Hall–Kier alpha value is -0.600. The molecule has 0 saturated heterocycles. The van der Waals surface area contributed by atoms with Crippen LogP contribution in [0.25, 0.3) is 0 Å². The maximum absolute atomic E-state index is 3.81. The molecule has 1 unspecified atom stereocenters. The summed E-state index contributed by atoms with van der Waals surface area (Å²) in [4.78, 5) is 0. The number of hydrogen-bond acceptors (Lipinski definition) is 1. The summed E-state index contributed by atoms with van der Waals surface area (Å²) in [6.45, 7) is 8.98. The first-order chi connectivity index (χ1) is 7.58. The van der Waals surface area contributed by atoms with E-state index in [0.29, 0.717) is 6.04 Å². The molecule has 0 saturated carbocycles. The summed E-state index contributed by atoms with van der Waals surface area (Å²) in [6, 6.07) is 9.30. The quantitative estimate of drug-likeness (QED) is 0.836. The third kappa shape index (κ3) is 5.47. The summed E-state index contributed by atoms with van der Waals surface area (Å²) in [5.74, 6) is 0. The van der Waals surface area contributed by atoms with Crippen LogP contribution in [0.4, 0.5) is 0 Å². The van der Waals surface area contributed by atoms with Gasteiger partial charge in [-0.2, -0.15) is 0 Å². The van der Waals surface area contributed by atoms with E-state index in [0.717, 1.165) is 23.9 Å². The van der Waals surface area contributed by atoms with E-state index in [1.807, 2.05) is 0 Å². The van der Waals surface area contributed by atoms with E-state index in [-0.39, 0.29) is 0 Å². The summed E-state index contributed by atoms with van der Waals surface area (Å²) in [5, 5.41) is 3.42. The lowest BCUT2D eigenvalue weighted by atomic mass is 10.0. The molecular formula is C14H20BrN. The Kier molecular flexibility index (Phi) is 5.78. The smallest absolute Gasteiger partial charge is 0.0268 e. The van der Waals surface area contributed by atoms with Crippen LogP contribution in [0, 0.1) is 6.92 Å². The van der Waals surface area contributed by atoms with Crippen molar-refractivity contribution in [1.82, 2.24) is 5.32 Å². The number of aryl methyl sites for hydroxylation is 2. The fraction of sp³-hybridized carbons (Fsp3) is 0.429. The van der Waals surface area contributed by atoms with Gasteiger partial charge in [0.25, 0.3) is 0 Å². The van der Waals surface area contributed by atoms with Gasteiger partial charge in [0.1, 0.15) is 0 Å². The van der Waals surface area contributed by atoms with Gasteiger partial charge in [0.2, 0.25) is 0 Å². The summed E-state index contributed by atoms with van der Waals surface area (Å²) in [5.41, 5.74) is 2.74. The normalized spacial score (nSPS) is 12.4. The van der Waals surface area contributed by atoms with Gasteiger partial charge >= 0.3 is 0 Å². The van der Waals surface area contributed by atoms with Crippen LogP contribution in [-0.4, -0.2) is 12.6 Å². The van der Waals surface area contributed by atoms with Crippen LogP contribution in [0.3, 0.4) is 0 Å². The third-order valence-electron chi connectivity index (χ3n) is 2.63. The third-order valence-corrected chi connectivity index (χ3v) is 2.91. The monoisotopic (exact) mass is 281 g/mol. The minimum absolute atomic E-state index is 0.524. The predicted molar refractivity (Wildman–Crippen MR) is 75.0 cm³/mol. The van der Waals surface area contributed by atoms with Gasteiger partial charge in [-0.15, -0.1) is 0 Å². The number of nitrogens with one attached hydrogen (secondary N) is 1. The van der Waals surface area contributed by atoms with Crippen LogP contribution in [0.15, 0.2) is 35.3 Å². The lowest BCUT2D eigenvalue weighted by molar-refractivity contribution is 0.542. The van der Waals surface area contributed by atoms with Gasteiger partial charge in [-0.25, -0.2) is 0 Å². The van der Waals surface area contributed by atoms with Crippen molar-refractivity contribution in [3.8, 4) is 0 Å². The second-order valence-electron chi connectivity index (χ2n) is 4.32. The van der Waals surface area contributed by atoms with Crippen LogP contribution in [-0.2, 0) is 6.42 Å². The fourth-order valence-electron chi connectivity index (χ4n) is 1.52. The van der Waals surface area contributed by atoms with Gasteiger partial charge in [-0.3, -0.25) is 0 Å². The number of benzene rings is 1. The molecule has 1 nitrogen and oxygen atoms in total. The van der Waals surface area contributed by atoms with Gasteiger partial charge < -0.3 is 5.32 Å². The van der Waals surface area contributed by atoms with E-state index in [1.165, 1.54) is 11.1 Å². The Bertz CT molecular complexity index is 329.